The summed E-state index contributed by atoms with van der Waals surface area (Å²) in [7, 11) is 0. The van der Waals surface area contributed by atoms with Gasteiger partial charge in [-0.3, -0.25) is 5.32 Å². The fourth-order valence-electron chi connectivity index (χ4n) is 11.4. The van der Waals surface area contributed by atoms with E-state index in [1.807, 2.05) is 0 Å². The number of hydrogen-bond acceptors (Lipinski definition) is 2. The molecule has 0 spiro atoms. The van der Waals surface area contributed by atoms with E-state index in [0.29, 0.717) is 0 Å². The lowest BCUT2D eigenvalue weighted by Gasteiger charge is -2.33. The summed E-state index contributed by atoms with van der Waals surface area (Å²) in [6.45, 7) is 4.88. The van der Waals surface area contributed by atoms with Crippen molar-refractivity contribution in [2.24, 2.45) is 0 Å². The van der Waals surface area contributed by atoms with Crippen LogP contribution in [0.5, 0.6) is 0 Å². The van der Waals surface area contributed by atoms with Gasteiger partial charge in [-0.1, -0.05) is 208 Å². The van der Waals surface area contributed by atoms with E-state index < -0.39 is 0 Å². The van der Waals surface area contributed by atoms with Gasteiger partial charge in [0.1, 0.15) is 6.17 Å². The second-order valence-electron chi connectivity index (χ2n) is 18.5. The Bertz CT molecular complexity index is 3710. The number of para-hydroxylation sites is 1. The number of nitrogens with one attached hydrogen (secondary N) is 2. The van der Waals surface area contributed by atoms with Gasteiger partial charge in [0.25, 0.3) is 0 Å². The third-order valence-electron chi connectivity index (χ3n) is 14.4. The third-order valence-corrected chi connectivity index (χ3v) is 14.4. The molecule has 1 aliphatic heterocycles. The van der Waals surface area contributed by atoms with Gasteiger partial charge in [0.05, 0.1) is 17.1 Å². The minimum Gasteiger partial charge on any atom is -0.366 e. The Morgan fingerprint density at radius 3 is 1.76 bits per heavy atom. The van der Waals surface area contributed by atoms with E-state index in [4.69, 9.17) is 0 Å². The SMILES string of the molecule is CC1(C)c2c(c3ccccc3c3ccccc23)-c2ccc3c4ccccc4n(-c4ccc(-c5cccc(C6=CC(c7ccc(-c8ccccc8)cc7)NC(c7ccccc7)N6)c5)cc4)c3c21. The molecule has 1 aromatic heterocycles. The lowest BCUT2D eigenvalue weighted by molar-refractivity contribution is 0.443. The smallest absolute Gasteiger partial charge is 0.104 e. The molecule has 0 radical (unpaired) electrons. The summed E-state index contributed by atoms with van der Waals surface area (Å²) in [5, 5.41) is 15.6. The summed E-state index contributed by atoms with van der Waals surface area (Å²) >= 11 is 0. The summed E-state index contributed by atoms with van der Waals surface area (Å²) in [5.41, 5.74) is 18.4. The van der Waals surface area contributed by atoms with Gasteiger partial charge in [0.15, 0.2) is 0 Å². The summed E-state index contributed by atoms with van der Waals surface area (Å²) in [6.07, 6.45) is 2.28. The number of aromatic nitrogens is 1. The van der Waals surface area contributed by atoms with Crippen LogP contribution in [0.15, 0.2) is 224 Å². The van der Waals surface area contributed by atoms with Crippen molar-refractivity contribution < 1.29 is 0 Å². The average Bonchev–Trinajstić information content (AvgIpc) is 3.85. The number of rotatable bonds is 6. The van der Waals surface area contributed by atoms with E-state index in [1.54, 1.807) is 0 Å². The molecule has 0 bridgehead atoms. The Morgan fingerprint density at radius 1 is 0.424 bits per heavy atom. The molecule has 0 fully saturated rings. The first kappa shape index (κ1) is 38.5. The number of hydrogen-bond donors (Lipinski definition) is 2. The summed E-state index contributed by atoms with van der Waals surface area (Å²) < 4.78 is 2.53. The molecule has 2 N–H and O–H groups in total. The number of fused-ring (bicyclic) bond motifs is 12. The molecule has 2 unspecified atom stereocenters. The van der Waals surface area contributed by atoms with Gasteiger partial charge in [0.2, 0.25) is 0 Å². The van der Waals surface area contributed by atoms with E-state index in [2.05, 4.69) is 254 Å². The fourth-order valence-corrected chi connectivity index (χ4v) is 11.4. The van der Waals surface area contributed by atoms with E-state index in [-0.39, 0.29) is 17.6 Å². The van der Waals surface area contributed by atoms with Crippen molar-refractivity contribution in [1.82, 2.24) is 15.2 Å². The van der Waals surface area contributed by atoms with E-state index in [0.717, 1.165) is 16.9 Å². The predicted octanol–water partition coefficient (Wildman–Crippen LogP) is 15.7. The topological polar surface area (TPSA) is 29.0 Å². The molecule has 0 saturated carbocycles. The number of nitrogens with zero attached hydrogens (tertiary/aromatic N) is 1. The van der Waals surface area contributed by atoms with Gasteiger partial charge < -0.3 is 9.88 Å². The first-order chi connectivity index (χ1) is 32.5. The maximum absolute atomic E-state index is 3.89. The van der Waals surface area contributed by atoms with E-state index in [1.165, 1.54) is 99.0 Å². The largest absolute Gasteiger partial charge is 0.366 e. The maximum Gasteiger partial charge on any atom is 0.104 e. The lowest BCUT2D eigenvalue weighted by atomic mass is 9.78. The Balaban J connectivity index is 0.901. The first-order valence-electron chi connectivity index (χ1n) is 23.2. The van der Waals surface area contributed by atoms with Crippen molar-refractivity contribution >= 4 is 49.0 Å². The number of benzene rings is 10. The standard InChI is InChI=1S/C63H47N3/c1-63(2)59-52-26-12-10-23-49(52)48-22-9-11-25-51(48)58(59)54-37-36-53-50-24-13-14-27-57(50)66(61(53)60(54)63)47-34-32-42(33-35-47)45-20-15-21-46(38-45)56-39-55(64-62(65-56)44-18-7-4-8-19-44)43-30-28-41(29-31-43)40-16-5-3-6-17-40/h3-39,55,62,64-65H,1-2H3. The summed E-state index contributed by atoms with van der Waals surface area (Å²) in [4.78, 5) is 0. The first-order valence-corrected chi connectivity index (χ1v) is 23.2. The Hall–Kier alpha value is -7.98. The molecule has 11 aromatic rings. The van der Waals surface area contributed by atoms with Crippen LogP contribution >= 0.6 is 0 Å². The highest BCUT2D eigenvalue weighted by atomic mass is 15.2. The summed E-state index contributed by atoms with van der Waals surface area (Å²) in [5.74, 6) is 0. The van der Waals surface area contributed by atoms with Gasteiger partial charge >= 0.3 is 0 Å². The fraction of sp³-hybridized carbons (Fsp3) is 0.0794. The molecule has 2 heterocycles. The predicted molar refractivity (Wildman–Crippen MR) is 277 cm³/mol. The molecule has 1 aliphatic carbocycles. The van der Waals surface area contributed by atoms with E-state index >= 15 is 0 Å². The molecule has 2 aliphatic rings. The van der Waals surface area contributed by atoms with E-state index in [9.17, 15) is 0 Å². The normalized spacial score (nSPS) is 16.3. The van der Waals surface area contributed by atoms with Crippen molar-refractivity contribution in [3.05, 3.63) is 252 Å². The highest BCUT2D eigenvalue weighted by molar-refractivity contribution is 6.21. The molecular weight excluding hydrogens is 799 g/mol. The van der Waals surface area contributed by atoms with Crippen LogP contribution < -0.4 is 10.6 Å². The van der Waals surface area contributed by atoms with Crippen molar-refractivity contribution in [3.8, 4) is 39.1 Å². The third kappa shape index (κ3) is 6.01. The van der Waals surface area contributed by atoms with Crippen molar-refractivity contribution in [1.29, 1.82) is 0 Å². The zero-order valence-electron chi connectivity index (χ0n) is 37.0. The summed E-state index contributed by atoms with van der Waals surface area (Å²) in [6, 6.07) is 80.2. The highest BCUT2D eigenvalue weighted by Crippen LogP contribution is 2.57. The molecular formula is C63H47N3. The minimum atomic E-state index is -0.248. The molecule has 3 nitrogen and oxygen atoms in total. The molecule has 3 heteroatoms. The Morgan fingerprint density at radius 2 is 1.00 bits per heavy atom. The van der Waals surface area contributed by atoms with Crippen LogP contribution in [0.25, 0.3) is 88.1 Å². The van der Waals surface area contributed by atoms with Gasteiger partial charge in [-0.05, 0) is 113 Å². The maximum atomic E-state index is 3.89. The zero-order valence-corrected chi connectivity index (χ0v) is 37.0. The van der Waals surface area contributed by atoms with Crippen molar-refractivity contribution in [2.45, 2.75) is 31.5 Å². The highest BCUT2D eigenvalue weighted by Gasteiger charge is 2.41. The van der Waals surface area contributed by atoms with Gasteiger partial charge in [-0.15, -0.1) is 0 Å². The van der Waals surface area contributed by atoms with Crippen LogP contribution in [0.3, 0.4) is 0 Å². The van der Waals surface area contributed by atoms with Gasteiger partial charge in [0, 0.05) is 27.6 Å². The molecule has 0 amide bonds. The molecule has 0 saturated heterocycles. The van der Waals surface area contributed by atoms with Crippen LogP contribution in [0.1, 0.15) is 53.9 Å². The van der Waals surface area contributed by atoms with Crippen LogP contribution in [-0.2, 0) is 5.41 Å². The quantitative estimate of drug-likeness (QED) is 0.163. The monoisotopic (exact) mass is 845 g/mol. The van der Waals surface area contributed by atoms with Crippen LogP contribution in [0, 0.1) is 0 Å². The van der Waals surface area contributed by atoms with Crippen LogP contribution in [0.4, 0.5) is 0 Å². The van der Waals surface area contributed by atoms with Crippen LogP contribution in [0.2, 0.25) is 0 Å². The van der Waals surface area contributed by atoms with Gasteiger partial charge in [-0.25, -0.2) is 0 Å². The second kappa shape index (κ2) is 15.1. The average molecular weight is 846 g/mol. The molecule has 66 heavy (non-hydrogen) atoms. The van der Waals surface area contributed by atoms with Crippen LogP contribution in [-0.4, -0.2) is 4.57 Å². The Kier molecular flexibility index (Phi) is 8.78. The lowest BCUT2D eigenvalue weighted by Crippen LogP contribution is -2.39. The van der Waals surface area contributed by atoms with Crippen molar-refractivity contribution in [3.63, 3.8) is 0 Å². The molecule has 10 aromatic carbocycles. The molecule has 13 rings (SSSR count). The minimum absolute atomic E-state index is 0.0158. The van der Waals surface area contributed by atoms with Crippen molar-refractivity contribution in [2.75, 3.05) is 0 Å². The molecule has 2 atom stereocenters. The Labute approximate surface area is 385 Å². The molecule has 314 valence electrons. The van der Waals surface area contributed by atoms with Gasteiger partial charge in [-0.2, -0.15) is 0 Å². The second-order valence-corrected chi connectivity index (χ2v) is 18.5. The zero-order chi connectivity index (χ0) is 43.9.